The Kier molecular flexibility index (Phi) is 8.14. The van der Waals surface area contributed by atoms with E-state index in [0.717, 1.165) is 11.1 Å². The molecule has 36 heavy (non-hydrogen) atoms. The molecule has 2 heterocycles. The second-order valence-corrected chi connectivity index (χ2v) is 8.74. The van der Waals surface area contributed by atoms with Gasteiger partial charge >= 0.3 is 0 Å². The minimum absolute atomic E-state index is 0.118. The molecule has 5 N–H and O–H groups in total. The number of nitrogens with one attached hydrogen (secondary N) is 4. The van der Waals surface area contributed by atoms with Crippen LogP contribution < -0.4 is 16.0 Å². The molecule has 0 spiro atoms. The maximum Gasteiger partial charge on any atom is 0.268 e. The molecular weight excluding hydrogens is 480 g/mol. The number of aliphatic hydroxyl groups excluding tert-OH is 1. The number of aromatic nitrogens is 3. The molecule has 0 aliphatic heterocycles. The quantitative estimate of drug-likeness (QED) is 0.210. The van der Waals surface area contributed by atoms with E-state index in [-0.39, 0.29) is 18.4 Å². The number of fused-ring (bicyclic) bond motifs is 1. The molecule has 9 nitrogen and oxygen atoms in total. The lowest BCUT2D eigenvalue weighted by molar-refractivity contribution is -0.118. The Hall–Kier alpha value is -3.95. The van der Waals surface area contributed by atoms with E-state index < -0.39 is 6.04 Å². The molecule has 0 saturated carbocycles. The molecule has 2 aromatic heterocycles. The Bertz CT molecular complexity index is 1340. The number of carbonyl (C=O) groups excluding carboxylic acids is 2. The summed E-state index contributed by atoms with van der Waals surface area (Å²) < 4.78 is 0. The predicted molar refractivity (Wildman–Crippen MR) is 140 cm³/mol. The molecule has 186 valence electrons. The number of amides is 2. The van der Waals surface area contributed by atoms with Gasteiger partial charge in [-0.05, 0) is 30.2 Å². The molecule has 4 rings (SSSR count). The van der Waals surface area contributed by atoms with Crippen LogP contribution in [0.2, 0.25) is 5.02 Å². The van der Waals surface area contributed by atoms with Gasteiger partial charge < -0.3 is 26.0 Å². The van der Waals surface area contributed by atoms with E-state index in [0.29, 0.717) is 52.9 Å². The first-order valence-electron chi connectivity index (χ1n) is 11.5. The Morgan fingerprint density at radius 1 is 1.06 bits per heavy atom. The van der Waals surface area contributed by atoms with Gasteiger partial charge in [0, 0.05) is 30.6 Å². The first kappa shape index (κ1) is 25.2. The number of hydrogen-bond donors (Lipinski definition) is 5. The van der Waals surface area contributed by atoms with Crippen LogP contribution in [0.4, 0.5) is 5.82 Å². The van der Waals surface area contributed by atoms with Gasteiger partial charge in [0.15, 0.2) is 5.82 Å². The Morgan fingerprint density at radius 2 is 1.81 bits per heavy atom. The number of carbonyl (C=O) groups is 2. The van der Waals surface area contributed by atoms with Gasteiger partial charge in [0.1, 0.15) is 17.2 Å². The molecule has 1 unspecified atom stereocenters. The minimum Gasteiger partial charge on any atom is -0.394 e. The van der Waals surface area contributed by atoms with Crippen LogP contribution in [0.3, 0.4) is 0 Å². The second kappa shape index (κ2) is 11.7. The second-order valence-electron chi connectivity index (χ2n) is 8.30. The highest BCUT2D eigenvalue weighted by molar-refractivity contribution is 6.30. The summed E-state index contributed by atoms with van der Waals surface area (Å²) in [5, 5.41) is 19.9. The summed E-state index contributed by atoms with van der Waals surface area (Å²) in [5.74, 6) is 0.549. The third-order valence-corrected chi connectivity index (χ3v) is 5.76. The van der Waals surface area contributed by atoms with Gasteiger partial charge in [-0.2, -0.15) is 0 Å². The molecule has 0 radical (unpaired) electrons. The summed E-state index contributed by atoms with van der Waals surface area (Å²) in [7, 11) is 0. The smallest absolute Gasteiger partial charge is 0.268 e. The average Bonchev–Trinajstić information content (AvgIpc) is 3.32. The lowest BCUT2D eigenvalue weighted by Crippen LogP contribution is -2.39. The summed E-state index contributed by atoms with van der Waals surface area (Å²) in [6.07, 6.45) is 0.452. The molecule has 2 amide bonds. The normalized spacial score (nSPS) is 11.8. The van der Waals surface area contributed by atoms with Crippen molar-refractivity contribution in [3.8, 4) is 11.4 Å². The monoisotopic (exact) mass is 506 g/mol. The van der Waals surface area contributed by atoms with E-state index in [1.165, 1.54) is 6.92 Å². The van der Waals surface area contributed by atoms with E-state index in [1.54, 1.807) is 18.2 Å². The van der Waals surface area contributed by atoms with Crippen molar-refractivity contribution in [3.63, 3.8) is 0 Å². The van der Waals surface area contributed by atoms with Crippen molar-refractivity contribution in [3.05, 3.63) is 76.9 Å². The van der Waals surface area contributed by atoms with Gasteiger partial charge in [-0.1, -0.05) is 54.1 Å². The number of benzene rings is 2. The summed E-state index contributed by atoms with van der Waals surface area (Å²) in [4.78, 5) is 36.6. The van der Waals surface area contributed by atoms with Crippen molar-refractivity contribution < 1.29 is 14.7 Å². The summed E-state index contributed by atoms with van der Waals surface area (Å²) in [6, 6.07) is 18.0. The first-order chi connectivity index (χ1) is 17.4. The van der Waals surface area contributed by atoms with Gasteiger partial charge in [-0.25, -0.2) is 9.97 Å². The number of aliphatic hydroxyl groups is 1. The standard InChI is InChI=1S/C26H27ClN6O3/c1-16(35)28-11-12-29-24-21-14-22(31-25(21)33-23(32-24)18-5-3-2-4-6-18)26(36)30-20(15-34)13-17-7-9-19(27)10-8-17/h2-10,14,20,34H,11-13,15H2,1H3,(H,28,35)(H,30,36)(H2,29,31,32,33). The summed E-state index contributed by atoms with van der Waals surface area (Å²) >= 11 is 5.94. The fraction of sp³-hybridized carbons (Fsp3) is 0.231. The Labute approximate surface area is 213 Å². The van der Waals surface area contributed by atoms with Crippen molar-refractivity contribution in [2.45, 2.75) is 19.4 Å². The van der Waals surface area contributed by atoms with Crippen LogP contribution in [0, 0.1) is 0 Å². The van der Waals surface area contributed by atoms with Crippen LogP contribution in [0.5, 0.6) is 0 Å². The van der Waals surface area contributed by atoms with Gasteiger partial charge in [-0.3, -0.25) is 9.59 Å². The van der Waals surface area contributed by atoms with Crippen molar-refractivity contribution in [2.24, 2.45) is 0 Å². The summed E-state index contributed by atoms with van der Waals surface area (Å²) in [5.41, 5.74) is 2.56. The van der Waals surface area contributed by atoms with Crippen molar-refractivity contribution in [2.75, 3.05) is 25.0 Å². The highest BCUT2D eigenvalue weighted by atomic mass is 35.5. The van der Waals surface area contributed by atoms with Crippen LogP contribution in [-0.4, -0.2) is 57.6 Å². The third-order valence-electron chi connectivity index (χ3n) is 5.51. The molecule has 0 aliphatic carbocycles. The van der Waals surface area contributed by atoms with Gasteiger partial charge in [0.2, 0.25) is 5.91 Å². The maximum absolute atomic E-state index is 13.0. The Morgan fingerprint density at radius 3 is 2.50 bits per heavy atom. The van der Waals surface area contributed by atoms with Crippen molar-refractivity contribution >= 4 is 40.3 Å². The van der Waals surface area contributed by atoms with Crippen LogP contribution in [-0.2, 0) is 11.2 Å². The van der Waals surface area contributed by atoms with Crippen LogP contribution in [0.1, 0.15) is 23.0 Å². The zero-order valence-electron chi connectivity index (χ0n) is 19.7. The molecule has 2 aromatic carbocycles. The van der Waals surface area contributed by atoms with Crippen LogP contribution in [0.25, 0.3) is 22.4 Å². The topological polar surface area (TPSA) is 132 Å². The number of H-pyrrole nitrogens is 1. The molecule has 1 atom stereocenters. The lowest BCUT2D eigenvalue weighted by atomic mass is 10.1. The fourth-order valence-corrected chi connectivity index (χ4v) is 3.86. The summed E-state index contributed by atoms with van der Waals surface area (Å²) in [6.45, 7) is 2.10. The number of nitrogens with zero attached hydrogens (tertiary/aromatic N) is 2. The molecule has 10 heteroatoms. The van der Waals surface area contributed by atoms with E-state index in [4.69, 9.17) is 11.6 Å². The van der Waals surface area contributed by atoms with E-state index >= 15 is 0 Å². The Balaban J connectivity index is 1.58. The highest BCUT2D eigenvalue weighted by Gasteiger charge is 2.19. The zero-order chi connectivity index (χ0) is 25.5. The molecule has 0 aliphatic rings. The predicted octanol–water partition coefficient (Wildman–Crippen LogP) is 3.16. The van der Waals surface area contributed by atoms with E-state index in [1.807, 2.05) is 42.5 Å². The van der Waals surface area contributed by atoms with E-state index in [9.17, 15) is 14.7 Å². The SMILES string of the molecule is CC(=O)NCCNc1nc(-c2ccccc2)nc2[nH]c(C(=O)NC(CO)Cc3ccc(Cl)cc3)cc12. The fourth-order valence-electron chi connectivity index (χ4n) is 3.73. The lowest BCUT2D eigenvalue weighted by Gasteiger charge is -2.16. The molecule has 0 bridgehead atoms. The number of halogens is 1. The van der Waals surface area contributed by atoms with E-state index in [2.05, 4.69) is 30.9 Å². The van der Waals surface area contributed by atoms with Crippen molar-refractivity contribution in [1.29, 1.82) is 0 Å². The minimum atomic E-state index is -0.480. The molecule has 0 fully saturated rings. The largest absolute Gasteiger partial charge is 0.394 e. The number of aromatic amines is 1. The van der Waals surface area contributed by atoms with Gasteiger partial charge in [0.25, 0.3) is 5.91 Å². The zero-order valence-corrected chi connectivity index (χ0v) is 20.5. The first-order valence-corrected chi connectivity index (χ1v) is 11.9. The van der Waals surface area contributed by atoms with Gasteiger partial charge in [-0.15, -0.1) is 0 Å². The number of anilines is 1. The molecule has 4 aromatic rings. The van der Waals surface area contributed by atoms with Crippen LogP contribution in [0.15, 0.2) is 60.7 Å². The maximum atomic E-state index is 13.0. The third kappa shape index (κ3) is 6.38. The van der Waals surface area contributed by atoms with Crippen molar-refractivity contribution in [1.82, 2.24) is 25.6 Å². The van der Waals surface area contributed by atoms with Gasteiger partial charge in [0.05, 0.1) is 18.0 Å². The number of hydrogen-bond acceptors (Lipinski definition) is 6. The molecular formula is C26H27ClN6O3. The highest BCUT2D eigenvalue weighted by Crippen LogP contribution is 2.26. The molecule has 0 saturated heterocycles. The average molecular weight is 507 g/mol. The number of rotatable bonds is 10. The van der Waals surface area contributed by atoms with Crippen LogP contribution >= 0.6 is 11.6 Å².